The third kappa shape index (κ3) is 2.70. The maximum atomic E-state index is 4.22. The topological polar surface area (TPSA) is 47.7 Å². The molecule has 5 heteroatoms. The molecule has 1 N–H and O–H groups in total. The lowest BCUT2D eigenvalue weighted by Gasteiger charge is -2.06. The number of aryl methyl sites for hydroxylation is 1. The second-order valence-corrected chi connectivity index (χ2v) is 3.58. The molecule has 2 aromatic rings. The second kappa shape index (κ2) is 5.46. The Bertz CT molecular complexity index is 404. The van der Waals surface area contributed by atoms with Gasteiger partial charge >= 0.3 is 0 Å². The molecule has 2 rings (SSSR count). The van der Waals surface area contributed by atoms with Crippen LogP contribution in [0.4, 0.5) is 0 Å². The quantitative estimate of drug-likeness (QED) is 0.734. The fraction of sp³-hybridized carbons (Fsp3) is 0.455. The summed E-state index contributed by atoms with van der Waals surface area (Å²) in [5.74, 6) is 0. The molecule has 0 atom stereocenters. The number of aromatic nitrogens is 4. The predicted molar refractivity (Wildman–Crippen MR) is 61.8 cm³/mol. The first-order valence-electron chi connectivity index (χ1n) is 5.59. The molecule has 0 saturated heterocycles. The van der Waals surface area contributed by atoms with Crippen molar-refractivity contribution in [2.24, 2.45) is 0 Å². The summed E-state index contributed by atoms with van der Waals surface area (Å²) in [5, 5.41) is 11.7. The highest BCUT2D eigenvalue weighted by atomic mass is 15.3. The zero-order valence-corrected chi connectivity index (χ0v) is 9.50. The zero-order chi connectivity index (χ0) is 11.2. The molecule has 86 valence electrons. The lowest BCUT2D eigenvalue weighted by atomic mass is 10.4. The van der Waals surface area contributed by atoms with Crippen LogP contribution < -0.4 is 5.32 Å². The van der Waals surface area contributed by atoms with Gasteiger partial charge in [-0.25, -0.2) is 0 Å². The molecule has 0 fully saturated rings. The Morgan fingerprint density at radius 2 is 2.25 bits per heavy atom. The van der Waals surface area contributed by atoms with Crippen molar-refractivity contribution in [1.82, 2.24) is 24.9 Å². The minimum atomic E-state index is 0.856. The van der Waals surface area contributed by atoms with Crippen LogP contribution in [0.15, 0.2) is 30.7 Å². The number of nitrogens with zero attached hydrogens (tertiary/aromatic N) is 4. The van der Waals surface area contributed by atoms with Gasteiger partial charge in [0, 0.05) is 38.2 Å². The summed E-state index contributed by atoms with van der Waals surface area (Å²) in [5.41, 5.74) is 1.22. The van der Waals surface area contributed by atoms with Gasteiger partial charge in [-0.2, -0.15) is 10.2 Å². The lowest BCUT2D eigenvalue weighted by molar-refractivity contribution is 0.532. The van der Waals surface area contributed by atoms with Crippen molar-refractivity contribution in [1.29, 1.82) is 0 Å². The Kier molecular flexibility index (Phi) is 3.71. The van der Waals surface area contributed by atoms with E-state index in [4.69, 9.17) is 0 Å². The first kappa shape index (κ1) is 10.9. The summed E-state index contributed by atoms with van der Waals surface area (Å²) in [7, 11) is 0. The number of nitrogens with one attached hydrogen (secondary N) is 1. The van der Waals surface area contributed by atoms with Crippen LogP contribution in [0.2, 0.25) is 0 Å². The van der Waals surface area contributed by atoms with Crippen LogP contribution >= 0.6 is 0 Å². The van der Waals surface area contributed by atoms with Crippen LogP contribution in [0.5, 0.6) is 0 Å². The molecule has 0 aromatic carbocycles. The molecule has 0 spiro atoms. The third-order valence-corrected chi connectivity index (χ3v) is 2.49. The number of hydrogen-bond donors (Lipinski definition) is 1. The highest BCUT2D eigenvalue weighted by molar-refractivity contribution is 4.99. The van der Waals surface area contributed by atoms with E-state index in [9.17, 15) is 0 Å². The van der Waals surface area contributed by atoms with Crippen molar-refractivity contribution in [3.8, 4) is 0 Å². The van der Waals surface area contributed by atoms with E-state index in [1.54, 1.807) is 6.20 Å². The lowest BCUT2D eigenvalue weighted by Crippen LogP contribution is -2.21. The largest absolute Gasteiger partial charge is 0.309 e. The number of rotatable bonds is 6. The molecule has 0 aliphatic rings. The van der Waals surface area contributed by atoms with Gasteiger partial charge in [0.15, 0.2) is 0 Å². The smallest absolute Gasteiger partial charge is 0.0534 e. The van der Waals surface area contributed by atoms with Crippen molar-refractivity contribution < 1.29 is 0 Å². The maximum absolute atomic E-state index is 4.22. The van der Waals surface area contributed by atoms with Gasteiger partial charge in [0.1, 0.15) is 0 Å². The van der Waals surface area contributed by atoms with Crippen molar-refractivity contribution in [3.05, 3.63) is 36.4 Å². The molecule has 5 nitrogen and oxygen atoms in total. The minimum Gasteiger partial charge on any atom is -0.309 e. The average Bonchev–Trinajstić information content (AvgIpc) is 2.95. The molecule has 2 aromatic heterocycles. The van der Waals surface area contributed by atoms with E-state index < -0.39 is 0 Å². The normalized spacial score (nSPS) is 10.8. The fourth-order valence-corrected chi connectivity index (χ4v) is 1.64. The fourth-order valence-electron chi connectivity index (χ4n) is 1.64. The van der Waals surface area contributed by atoms with Crippen LogP contribution in [0.3, 0.4) is 0 Å². The molecular formula is C11H17N5. The molecule has 0 bridgehead atoms. The van der Waals surface area contributed by atoms with Crippen LogP contribution in [0.25, 0.3) is 0 Å². The summed E-state index contributed by atoms with van der Waals surface area (Å²) in [6.45, 7) is 5.68. The van der Waals surface area contributed by atoms with Crippen molar-refractivity contribution in [3.63, 3.8) is 0 Å². The Labute approximate surface area is 95.1 Å². The molecule has 0 amide bonds. The summed E-state index contributed by atoms with van der Waals surface area (Å²) in [6, 6.07) is 3.98. The third-order valence-electron chi connectivity index (χ3n) is 2.49. The molecule has 0 aliphatic carbocycles. The monoisotopic (exact) mass is 219 g/mol. The molecule has 2 heterocycles. The van der Waals surface area contributed by atoms with E-state index in [0.29, 0.717) is 0 Å². The van der Waals surface area contributed by atoms with Crippen molar-refractivity contribution in [2.75, 3.05) is 6.54 Å². The van der Waals surface area contributed by atoms with Gasteiger partial charge in [0.05, 0.1) is 12.2 Å². The van der Waals surface area contributed by atoms with Crippen LogP contribution in [-0.4, -0.2) is 26.1 Å². The Morgan fingerprint density at radius 1 is 1.31 bits per heavy atom. The molecule has 16 heavy (non-hydrogen) atoms. The molecule has 0 saturated carbocycles. The second-order valence-electron chi connectivity index (χ2n) is 3.58. The zero-order valence-electron chi connectivity index (χ0n) is 9.50. The van der Waals surface area contributed by atoms with Crippen LogP contribution in [-0.2, 0) is 19.6 Å². The van der Waals surface area contributed by atoms with Crippen LogP contribution in [0.1, 0.15) is 12.6 Å². The molecular weight excluding hydrogens is 202 g/mol. The predicted octanol–water partition coefficient (Wildman–Crippen LogP) is 0.889. The molecule has 0 aliphatic heterocycles. The van der Waals surface area contributed by atoms with Gasteiger partial charge in [0.2, 0.25) is 0 Å². The first-order valence-corrected chi connectivity index (χ1v) is 5.59. The van der Waals surface area contributed by atoms with Gasteiger partial charge in [-0.1, -0.05) is 0 Å². The van der Waals surface area contributed by atoms with Gasteiger partial charge in [0.25, 0.3) is 0 Å². The van der Waals surface area contributed by atoms with E-state index >= 15 is 0 Å². The van der Waals surface area contributed by atoms with E-state index in [-0.39, 0.29) is 0 Å². The van der Waals surface area contributed by atoms with E-state index in [1.807, 2.05) is 33.9 Å². The van der Waals surface area contributed by atoms with Gasteiger partial charge < -0.3 is 5.32 Å². The van der Waals surface area contributed by atoms with E-state index in [2.05, 4.69) is 22.4 Å². The average molecular weight is 219 g/mol. The summed E-state index contributed by atoms with van der Waals surface area (Å²) < 4.78 is 3.92. The minimum absolute atomic E-state index is 0.856. The van der Waals surface area contributed by atoms with Gasteiger partial charge in [-0.3, -0.25) is 9.36 Å². The standard InChI is InChI=1S/C11H17N5/c1-2-16-11(4-6-14-16)10-12-7-9-15-8-3-5-13-15/h3-6,8,12H,2,7,9-10H2,1H3. The van der Waals surface area contributed by atoms with Gasteiger partial charge in [-0.15, -0.1) is 0 Å². The Morgan fingerprint density at radius 3 is 3.00 bits per heavy atom. The Balaban J connectivity index is 1.72. The summed E-state index contributed by atoms with van der Waals surface area (Å²) >= 11 is 0. The first-order chi connectivity index (χ1) is 7.90. The highest BCUT2D eigenvalue weighted by Gasteiger charge is 1.99. The summed E-state index contributed by atoms with van der Waals surface area (Å²) in [6.07, 6.45) is 5.61. The van der Waals surface area contributed by atoms with E-state index in [1.165, 1.54) is 5.69 Å². The Hall–Kier alpha value is -1.62. The van der Waals surface area contributed by atoms with Crippen molar-refractivity contribution in [2.45, 2.75) is 26.6 Å². The van der Waals surface area contributed by atoms with Gasteiger partial charge in [-0.05, 0) is 19.1 Å². The summed E-state index contributed by atoms with van der Waals surface area (Å²) in [4.78, 5) is 0. The molecule has 0 radical (unpaired) electrons. The van der Waals surface area contributed by atoms with Crippen LogP contribution in [0, 0.1) is 0 Å². The number of hydrogen-bond acceptors (Lipinski definition) is 3. The van der Waals surface area contributed by atoms with E-state index in [0.717, 1.165) is 26.2 Å². The van der Waals surface area contributed by atoms with Crippen molar-refractivity contribution >= 4 is 0 Å². The highest BCUT2D eigenvalue weighted by Crippen LogP contribution is 1.97. The molecule has 0 unspecified atom stereocenters. The SMILES string of the molecule is CCn1nccc1CNCCn1cccn1. The maximum Gasteiger partial charge on any atom is 0.0534 e.